The summed E-state index contributed by atoms with van der Waals surface area (Å²) in [7, 11) is -3.49. The van der Waals surface area contributed by atoms with Gasteiger partial charge in [0.2, 0.25) is 10.0 Å². The van der Waals surface area contributed by atoms with Crippen LogP contribution in [0.1, 0.15) is 25.0 Å². The highest BCUT2D eigenvalue weighted by Gasteiger charge is 2.27. The van der Waals surface area contributed by atoms with E-state index in [-0.39, 0.29) is 10.6 Å². The van der Waals surface area contributed by atoms with Crippen molar-refractivity contribution < 1.29 is 17.2 Å². The minimum atomic E-state index is -3.49. The maximum atomic E-state index is 13.2. The summed E-state index contributed by atoms with van der Waals surface area (Å²) in [5, 5.41) is 0.540. The molecule has 0 N–H and O–H groups in total. The molecular weight excluding hydrogens is 392 g/mol. The molecule has 0 aliphatic carbocycles. The average molecular weight is 409 g/mol. The normalized spacial score (nSPS) is 15.9. The number of hydrogen-bond donors (Lipinski definition) is 1. The molecule has 0 unspecified atom stereocenters. The molecule has 2 aromatic heterocycles. The van der Waals surface area contributed by atoms with E-state index in [1.54, 1.807) is 30.3 Å². The van der Waals surface area contributed by atoms with E-state index in [1.807, 2.05) is 0 Å². The van der Waals surface area contributed by atoms with Gasteiger partial charge >= 0.3 is 0 Å². The standard InChI is InChI=1S/C18H17F2N3O2S2/c19-17(20)16-11-15-14(7-8-21-18(15)23(16)26)12-3-5-13(6-4-12)27(24,25)22-9-1-2-10-22/h3-8,11,17,26H,1-2,9-10H2. The smallest absolute Gasteiger partial charge is 0.269 e. The number of sulfonamides is 1. The van der Waals surface area contributed by atoms with Gasteiger partial charge in [-0.2, -0.15) is 4.31 Å². The van der Waals surface area contributed by atoms with Crippen molar-refractivity contribution in [3.63, 3.8) is 0 Å². The van der Waals surface area contributed by atoms with E-state index in [9.17, 15) is 17.2 Å². The molecule has 0 spiro atoms. The van der Waals surface area contributed by atoms with Crippen molar-refractivity contribution in [2.45, 2.75) is 24.2 Å². The molecule has 0 radical (unpaired) electrons. The van der Waals surface area contributed by atoms with Gasteiger partial charge in [-0.05, 0) is 48.2 Å². The highest BCUT2D eigenvalue weighted by Crippen LogP contribution is 2.34. The first-order valence-electron chi connectivity index (χ1n) is 8.48. The van der Waals surface area contributed by atoms with Crippen molar-refractivity contribution >= 4 is 33.9 Å². The van der Waals surface area contributed by atoms with Crippen molar-refractivity contribution in [1.29, 1.82) is 0 Å². The first-order chi connectivity index (χ1) is 12.9. The molecule has 27 heavy (non-hydrogen) atoms. The van der Waals surface area contributed by atoms with E-state index in [0.29, 0.717) is 29.7 Å². The van der Waals surface area contributed by atoms with Gasteiger partial charge in [-0.3, -0.25) is 3.97 Å². The molecule has 3 aromatic rings. The third-order valence-corrected chi connectivity index (χ3v) is 7.13. The maximum absolute atomic E-state index is 13.2. The SMILES string of the molecule is O=S(=O)(c1ccc(-c2ccnc3c2cc(C(F)F)n3S)cc1)N1CCCC1. The predicted molar refractivity (Wildman–Crippen MR) is 103 cm³/mol. The molecule has 5 nitrogen and oxygen atoms in total. The van der Waals surface area contributed by atoms with Crippen molar-refractivity contribution in [1.82, 2.24) is 13.3 Å². The van der Waals surface area contributed by atoms with Crippen LogP contribution >= 0.6 is 12.8 Å². The highest BCUT2D eigenvalue weighted by atomic mass is 32.2. The Balaban J connectivity index is 1.75. The first kappa shape index (κ1) is 18.4. The van der Waals surface area contributed by atoms with Crippen LogP contribution in [0.5, 0.6) is 0 Å². The summed E-state index contributed by atoms with van der Waals surface area (Å²) in [6, 6.07) is 9.58. The highest BCUT2D eigenvalue weighted by molar-refractivity contribution is 7.89. The molecule has 0 bridgehead atoms. The Kier molecular flexibility index (Phi) is 4.69. The third kappa shape index (κ3) is 3.13. The topological polar surface area (TPSA) is 55.2 Å². The lowest BCUT2D eigenvalue weighted by molar-refractivity contribution is 0.146. The Morgan fingerprint density at radius 2 is 1.74 bits per heavy atom. The van der Waals surface area contributed by atoms with Gasteiger partial charge in [0.25, 0.3) is 6.43 Å². The van der Waals surface area contributed by atoms with Crippen LogP contribution < -0.4 is 0 Å². The Labute approximate surface area is 161 Å². The van der Waals surface area contributed by atoms with Gasteiger partial charge in [-0.25, -0.2) is 22.2 Å². The molecular formula is C18H17F2N3O2S2. The summed E-state index contributed by atoms with van der Waals surface area (Å²) in [6.45, 7) is 1.09. The van der Waals surface area contributed by atoms with E-state index in [0.717, 1.165) is 22.4 Å². The van der Waals surface area contributed by atoms with Crippen LogP contribution in [0.3, 0.4) is 0 Å². The number of thiol groups is 1. The molecule has 4 rings (SSSR count). The van der Waals surface area contributed by atoms with Crippen molar-refractivity contribution in [3.05, 3.63) is 48.3 Å². The molecule has 1 aromatic carbocycles. The first-order valence-corrected chi connectivity index (χ1v) is 10.3. The second kappa shape index (κ2) is 6.88. The number of nitrogens with zero attached hydrogens (tertiary/aromatic N) is 3. The Hall–Kier alpha value is -1.97. The number of fused-ring (bicyclic) bond motifs is 1. The molecule has 1 aliphatic heterocycles. The van der Waals surface area contributed by atoms with E-state index in [2.05, 4.69) is 17.8 Å². The minimum Gasteiger partial charge on any atom is -0.269 e. The minimum absolute atomic E-state index is 0.235. The lowest BCUT2D eigenvalue weighted by atomic mass is 10.0. The largest absolute Gasteiger partial charge is 0.279 e. The van der Waals surface area contributed by atoms with Gasteiger partial charge in [0.1, 0.15) is 0 Å². The molecule has 1 aliphatic rings. The summed E-state index contributed by atoms with van der Waals surface area (Å²) in [5.41, 5.74) is 1.52. The Morgan fingerprint density at radius 1 is 1.07 bits per heavy atom. The summed E-state index contributed by atoms with van der Waals surface area (Å²) >= 11 is 4.11. The average Bonchev–Trinajstić information content (AvgIpc) is 3.31. The lowest BCUT2D eigenvalue weighted by Gasteiger charge is -2.15. The predicted octanol–water partition coefficient (Wildman–Crippen LogP) is 4.12. The monoisotopic (exact) mass is 409 g/mol. The van der Waals surface area contributed by atoms with Gasteiger partial charge in [-0.1, -0.05) is 24.9 Å². The molecule has 0 atom stereocenters. The third-order valence-electron chi connectivity index (χ3n) is 4.80. The van der Waals surface area contributed by atoms with E-state index in [4.69, 9.17) is 0 Å². The van der Waals surface area contributed by atoms with Crippen molar-refractivity contribution in [3.8, 4) is 11.1 Å². The number of rotatable bonds is 4. The summed E-state index contributed by atoms with van der Waals surface area (Å²) in [6.07, 6.45) is 0.602. The van der Waals surface area contributed by atoms with Crippen LogP contribution in [0.25, 0.3) is 22.2 Å². The van der Waals surface area contributed by atoms with E-state index >= 15 is 0 Å². The van der Waals surface area contributed by atoms with Crippen LogP contribution in [-0.2, 0) is 10.0 Å². The molecule has 142 valence electrons. The van der Waals surface area contributed by atoms with Gasteiger partial charge < -0.3 is 0 Å². The maximum Gasteiger partial charge on any atom is 0.279 e. The molecule has 1 saturated heterocycles. The molecule has 0 saturated carbocycles. The number of alkyl halides is 2. The zero-order chi connectivity index (χ0) is 19.2. The second-order valence-electron chi connectivity index (χ2n) is 6.41. The zero-order valence-corrected chi connectivity index (χ0v) is 15.9. The van der Waals surface area contributed by atoms with Gasteiger partial charge in [-0.15, -0.1) is 0 Å². The number of benzene rings is 1. The van der Waals surface area contributed by atoms with Gasteiger partial charge in [0, 0.05) is 24.7 Å². The number of hydrogen-bond acceptors (Lipinski definition) is 4. The number of halogens is 2. The number of aromatic nitrogens is 2. The summed E-state index contributed by atoms with van der Waals surface area (Å²) in [4.78, 5) is 4.36. The molecule has 9 heteroatoms. The van der Waals surface area contributed by atoms with Crippen molar-refractivity contribution in [2.24, 2.45) is 0 Å². The van der Waals surface area contributed by atoms with Crippen LogP contribution in [0.4, 0.5) is 8.78 Å². The summed E-state index contributed by atoms with van der Waals surface area (Å²) < 4.78 is 54.2. The van der Waals surface area contributed by atoms with Crippen LogP contribution in [0.2, 0.25) is 0 Å². The molecule has 1 fully saturated rings. The second-order valence-corrected chi connectivity index (χ2v) is 8.75. The Bertz CT molecular complexity index is 1090. The van der Waals surface area contributed by atoms with Crippen molar-refractivity contribution in [2.75, 3.05) is 13.1 Å². The van der Waals surface area contributed by atoms with Gasteiger partial charge in [0.15, 0.2) is 5.65 Å². The number of pyridine rings is 1. The van der Waals surface area contributed by atoms with E-state index < -0.39 is 16.4 Å². The van der Waals surface area contributed by atoms with Crippen LogP contribution in [0.15, 0.2) is 47.5 Å². The molecule has 3 heterocycles. The quantitative estimate of drug-likeness (QED) is 0.660. The summed E-state index contributed by atoms with van der Waals surface area (Å²) in [5.74, 6) is 0. The van der Waals surface area contributed by atoms with Crippen LogP contribution in [0, 0.1) is 0 Å². The Morgan fingerprint density at radius 3 is 2.37 bits per heavy atom. The van der Waals surface area contributed by atoms with E-state index in [1.165, 1.54) is 16.6 Å². The zero-order valence-electron chi connectivity index (χ0n) is 14.2. The fourth-order valence-corrected chi connectivity index (χ4v) is 5.22. The van der Waals surface area contributed by atoms with Gasteiger partial charge in [0.05, 0.1) is 10.6 Å². The van der Waals surface area contributed by atoms with Crippen LogP contribution in [-0.4, -0.2) is 34.8 Å². The molecule has 0 amide bonds. The lowest BCUT2D eigenvalue weighted by Crippen LogP contribution is -2.27. The fraction of sp³-hybridized carbons (Fsp3) is 0.278. The fourth-order valence-electron chi connectivity index (χ4n) is 3.40.